The van der Waals surface area contributed by atoms with Crippen LogP contribution in [0.1, 0.15) is 12.5 Å². The predicted molar refractivity (Wildman–Crippen MR) is 121 cm³/mol. The Morgan fingerprint density at radius 2 is 1.97 bits per heavy atom. The molecule has 184 valence electrons. The Labute approximate surface area is 206 Å². The molecule has 0 aliphatic carbocycles. The molecule has 0 saturated carbocycles. The number of aliphatic hydroxyl groups excluding tert-OH is 1. The Kier molecular flexibility index (Phi) is 11.2. The van der Waals surface area contributed by atoms with Crippen LogP contribution in [0.25, 0.3) is 0 Å². The van der Waals surface area contributed by atoms with Crippen molar-refractivity contribution in [2.75, 3.05) is 19.8 Å². The molecule has 0 aromatic heterocycles. The third kappa shape index (κ3) is 9.66. The van der Waals surface area contributed by atoms with Crippen molar-refractivity contribution in [3.05, 3.63) is 48.6 Å². The van der Waals surface area contributed by atoms with Crippen molar-refractivity contribution in [1.82, 2.24) is 5.32 Å². The topological polar surface area (TPSA) is 113 Å². The highest BCUT2D eigenvalue weighted by Crippen LogP contribution is 2.28. The molecule has 1 heterocycles. The molecule has 0 bridgehead atoms. The van der Waals surface area contributed by atoms with Crippen LogP contribution >= 0.6 is 34.8 Å². The van der Waals surface area contributed by atoms with Crippen molar-refractivity contribution in [1.29, 1.82) is 0 Å². The summed E-state index contributed by atoms with van der Waals surface area (Å²) in [5.41, 5.74) is 0.918. The summed E-state index contributed by atoms with van der Waals surface area (Å²) in [5.74, 6) is -0.468. The fourth-order valence-electron chi connectivity index (χ4n) is 3.04. The highest BCUT2D eigenvalue weighted by Gasteiger charge is 2.49. The second kappa shape index (κ2) is 13.3. The molecular formula is C21H26Cl3NO8. The fraction of sp³-hybridized carbons (Fsp3) is 0.524. The SMILES string of the molecule is C=CCO[C@@H]1O[C@H](COCc2ccccc2)[C@@H](O)[C@H](OC(=O)OCC(Cl)(Cl)Cl)[C@H]1NC(C)=O. The summed E-state index contributed by atoms with van der Waals surface area (Å²) in [4.78, 5) is 24.0. The van der Waals surface area contributed by atoms with Gasteiger partial charge < -0.3 is 34.1 Å². The number of benzene rings is 1. The number of ether oxygens (including phenoxy) is 5. The minimum absolute atomic E-state index is 0.0557. The number of halogens is 3. The molecule has 5 atom stereocenters. The zero-order valence-electron chi connectivity index (χ0n) is 17.8. The van der Waals surface area contributed by atoms with Gasteiger partial charge in [-0.15, -0.1) is 6.58 Å². The van der Waals surface area contributed by atoms with Crippen LogP contribution in [-0.2, 0) is 35.1 Å². The summed E-state index contributed by atoms with van der Waals surface area (Å²) < 4.78 is 25.3. The lowest BCUT2D eigenvalue weighted by Crippen LogP contribution is -2.65. The standard InChI is InChI=1S/C21H26Cl3NO8/c1-3-9-30-19-16(25-13(2)26)18(33-20(28)31-12-21(22,23)24)17(27)15(32-19)11-29-10-14-7-5-4-6-8-14/h3-8,15-19,27H,1,9-12H2,2H3,(H,25,26)/t15-,16-,17-,18-,19-/m1/s1. The zero-order valence-corrected chi connectivity index (χ0v) is 20.1. The Hall–Kier alpha value is -1.59. The third-order valence-corrected chi connectivity index (χ3v) is 4.73. The maximum atomic E-state index is 12.2. The number of rotatable bonds is 10. The van der Waals surface area contributed by atoms with Gasteiger partial charge in [-0.1, -0.05) is 71.2 Å². The number of hydrogen-bond donors (Lipinski definition) is 2. The number of hydrogen-bond acceptors (Lipinski definition) is 8. The van der Waals surface area contributed by atoms with Gasteiger partial charge in [0.15, 0.2) is 12.4 Å². The maximum Gasteiger partial charge on any atom is 0.508 e. The first kappa shape index (κ1) is 27.7. The van der Waals surface area contributed by atoms with Crippen LogP contribution in [0.2, 0.25) is 0 Å². The van der Waals surface area contributed by atoms with Gasteiger partial charge in [-0.3, -0.25) is 4.79 Å². The van der Waals surface area contributed by atoms with Gasteiger partial charge in [0, 0.05) is 6.92 Å². The number of nitrogens with one attached hydrogen (secondary N) is 1. The van der Waals surface area contributed by atoms with E-state index in [1.165, 1.54) is 13.0 Å². The van der Waals surface area contributed by atoms with E-state index in [4.69, 9.17) is 58.5 Å². The van der Waals surface area contributed by atoms with Crippen molar-refractivity contribution in [2.45, 2.75) is 48.0 Å². The van der Waals surface area contributed by atoms with Crippen LogP contribution in [0.3, 0.4) is 0 Å². The van der Waals surface area contributed by atoms with Gasteiger partial charge in [0.2, 0.25) is 9.70 Å². The summed E-state index contributed by atoms with van der Waals surface area (Å²) >= 11 is 16.7. The van der Waals surface area contributed by atoms with E-state index in [0.717, 1.165) is 5.56 Å². The Bertz CT molecular complexity index is 777. The monoisotopic (exact) mass is 525 g/mol. The van der Waals surface area contributed by atoms with Gasteiger partial charge in [0.05, 0.1) is 19.8 Å². The van der Waals surface area contributed by atoms with Gasteiger partial charge in [-0.25, -0.2) is 4.79 Å². The number of aliphatic hydroxyl groups is 1. The summed E-state index contributed by atoms with van der Waals surface area (Å²) in [6, 6.07) is 8.32. The summed E-state index contributed by atoms with van der Waals surface area (Å²) in [7, 11) is 0. The highest BCUT2D eigenvalue weighted by molar-refractivity contribution is 6.67. The van der Waals surface area contributed by atoms with Gasteiger partial charge in [-0.05, 0) is 5.56 Å². The molecule has 1 amide bonds. The van der Waals surface area contributed by atoms with E-state index < -0.39 is 53.1 Å². The van der Waals surface area contributed by atoms with E-state index in [1.54, 1.807) is 0 Å². The third-order valence-electron chi connectivity index (χ3n) is 4.40. The largest absolute Gasteiger partial charge is 0.508 e. The molecular weight excluding hydrogens is 501 g/mol. The van der Waals surface area contributed by atoms with Crippen LogP contribution in [0, 0.1) is 0 Å². The second-order valence-electron chi connectivity index (χ2n) is 7.12. The second-order valence-corrected chi connectivity index (χ2v) is 9.63. The molecule has 9 nitrogen and oxygen atoms in total. The van der Waals surface area contributed by atoms with Crippen molar-refractivity contribution < 1.29 is 38.4 Å². The van der Waals surface area contributed by atoms with Crippen LogP contribution in [0.5, 0.6) is 0 Å². The van der Waals surface area contributed by atoms with Crippen molar-refractivity contribution >= 4 is 46.9 Å². The summed E-state index contributed by atoms with van der Waals surface area (Å²) in [5, 5.41) is 13.5. The molecule has 12 heteroatoms. The lowest BCUT2D eigenvalue weighted by Gasteiger charge is -2.43. The summed E-state index contributed by atoms with van der Waals surface area (Å²) in [6.45, 7) is 4.52. The zero-order chi connectivity index (χ0) is 24.4. The van der Waals surface area contributed by atoms with Gasteiger partial charge in [-0.2, -0.15) is 0 Å². The van der Waals surface area contributed by atoms with Gasteiger partial charge in [0.25, 0.3) is 0 Å². The highest BCUT2D eigenvalue weighted by atomic mass is 35.6. The quantitative estimate of drug-likeness (QED) is 0.272. The maximum absolute atomic E-state index is 12.2. The average Bonchev–Trinajstić information content (AvgIpc) is 2.75. The minimum atomic E-state index is -1.85. The predicted octanol–water partition coefficient (Wildman–Crippen LogP) is 2.89. The van der Waals surface area contributed by atoms with E-state index in [9.17, 15) is 14.7 Å². The Balaban J connectivity index is 2.14. The van der Waals surface area contributed by atoms with Crippen molar-refractivity contribution in [2.24, 2.45) is 0 Å². The van der Waals surface area contributed by atoms with Crippen LogP contribution < -0.4 is 5.32 Å². The normalized spacial score (nSPS) is 25.2. The molecule has 0 unspecified atom stereocenters. The molecule has 1 aromatic carbocycles. The molecule has 1 fully saturated rings. The van der Waals surface area contributed by atoms with Gasteiger partial charge >= 0.3 is 6.16 Å². The van der Waals surface area contributed by atoms with Crippen molar-refractivity contribution in [3.8, 4) is 0 Å². The smallest absolute Gasteiger partial charge is 0.430 e. The number of amides is 1. The first-order chi connectivity index (χ1) is 15.6. The minimum Gasteiger partial charge on any atom is -0.430 e. The van der Waals surface area contributed by atoms with E-state index in [1.807, 2.05) is 30.3 Å². The molecule has 1 aliphatic rings. The lowest BCUT2D eigenvalue weighted by atomic mass is 9.96. The Morgan fingerprint density at radius 1 is 1.27 bits per heavy atom. The summed E-state index contributed by atoms with van der Waals surface area (Å²) in [6.07, 6.45) is -4.50. The molecule has 0 radical (unpaired) electrons. The molecule has 1 aliphatic heterocycles. The molecule has 1 aromatic rings. The van der Waals surface area contributed by atoms with E-state index >= 15 is 0 Å². The number of carbonyl (C=O) groups is 2. The van der Waals surface area contributed by atoms with Crippen LogP contribution in [0.4, 0.5) is 4.79 Å². The molecule has 2 rings (SSSR count). The number of carbonyl (C=O) groups excluding carboxylic acids is 2. The molecule has 33 heavy (non-hydrogen) atoms. The number of alkyl halides is 3. The van der Waals surface area contributed by atoms with Crippen molar-refractivity contribution in [3.63, 3.8) is 0 Å². The first-order valence-corrected chi connectivity index (χ1v) is 11.1. The van der Waals surface area contributed by atoms with E-state index in [-0.39, 0.29) is 19.8 Å². The van der Waals surface area contributed by atoms with E-state index in [0.29, 0.717) is 0 Å². The average molecular weight is 527 g/mol. The van der Waals surface area contributed by atoms with E-state index in [2.05, 4.69) is 11.9 Å². The van der Waals surface area contributed by atoms with Gasteiger partial charge in [0.1, 0.15) is 24.9 Å². The Morgan fingerprint density at radius 3 is 2.58 bits per heavy atom. The van der Waals surface area contributed by atoms with Crippen LogP contribution in [-0.4, -0.2) is 71.4 Å². The molecule has 2 N–H and O–H groups in total. The lowest BCUT2D eigenvalue weighted by molar-refractivity contribution is -0.271. The fourth-order valence-corrected chi connectivity index (χ4v) is 3.20. The van der Waals surface area contributed by atoms with Crippen LogP contribution in [0.15, 0.2) is 43.0 Å². The molecule has 0 spiro atoms. The molecule has 1 saturated heterocycles. The first-order valence-electron chi connectivity index (χ1n) is 9.95.